The molecule has 3 rings (SSSR count). The van der Waals surface area contributed by atoms with Gasteiger partial charge in [0, 0.05) is 18.7 Å². The number of aliphatic hydroxyl groups excluding tert-OH is 1. The van der Waals surface area contributed by atoms with Crippen LogP contribution in [-0.2, 0) is 4.79 Å². The minimum Gasteiger partial charge on any atom is -0.394 e. The molecule has 1 aliphatic carbocycles. The number of hydrogen-bond acceptors (Lipinski definition) is 3. The van der Waals surface area contributed by atoms with E-state index in [0.29, 0.717) is 35.2 Å². The summed E-state index contributed by atoms with van der Waals surface area (Å²) in [6, 6.07) is 5.06. The van der Waals surface area contributed by atoms with Crippen molar-refractivity contribution < 1.29 is 14.7 Å². The number of carbonyl (C=O) groups excluding carboxylic acids is 2. The van der Waals surface area contributed by atoms with Gasteiger partial charge in [-0.05, 0) is 50.3 Å². The van der Waals surface area contributed by atoms with Gasteiger partial charge in [-0.25, -0.2) is 0 Å². The molecule has 1 aromatic carbocycles. The minimum absolute atomic E-state index is 0.0665. The number of nitrogens with one attached hydrogen (secondary N) is 1. The average molecular weight is 337 g/mol. The van der Waals surface area contributed by atoms with Gasteiger partial charge in [-0.3, -0.25) is 9.59 Å². The number of anilines is 1. The van der Waals surface area contributed by atoms with Crippen LogP contribution in [0.15, 0.2) is 18.2 Å². The summed E-state index contributed by atoms with van der Waals surface area (Å²) >= 11 is 6.17. The van der Waals surface area contributed by atoms with Gasteiger partial charge in [-0.15, -0.1) is 0 Å². The first kappa shape index (κ1) is 16.3. The van der Waals surface area contributed by atoms with Crippen LogP contribution in [0.2, 0.25) is 5.02 Å². The molecular weight excluding hydrogens is 316 g/mol. The molecule has 1 aromatic rings. The minimum atomic E-state index is -0.625. The van der Waals surface area contributed by atoms with E-state index in [9.17, 15) is 14.7 Å². The molecule has 0 spiro atoms. The van der Waals surface area contributed by atoms with Crippen LogP contribution in [0.5, 0.6) is 0 Å². The second-order valence-electron chi connectivity index (χ2n) is 6.62. The molecular formula is C17H21ClN2O3. The highest BCUT2D eigenvalue weighted by molar-refractivity contribution is 6.34. The van der Waals surface area contributed by atoms with Gasteiger partial charge in [0.25, 0.3) is 5.91 Å². The van der Waals surface area contributed by atoms with E-state index < -0.39 is 5.54 Å². The van der Waals surface area contributed by atoms with E-state index in [1.54, 1.807) is 23.1 Å². The molecule has 5 nitrogen and oxygen atoms in total. The summed E-state index contributed by atoms with van der Waals surface area (Å²) in [5, 5.41) is 12.9. The maximum absolute atomic E-state index is 12.6. The Morgan fingerprint density at radius 2 is 2.22 bits per heavy atom. The molecule has 1 saturated heterocycles. The Kier molecular flexibility index (Phi) is 4.34. The fraction of sp³-hybridized carbons (Fsp3) is 0.529. The quantitative estimate of drug-likeness (QED) is 0.867. The highest BCUT2D eigenvalue weighted by atomic mass is 35.5. The molecule has 1 atom stereocenters. The molecule has 0 radical (unpaired) electrons. The zero-order valence-corrected chi connectivity index (χ0v) is 13.9. The zero-order chi connectivity index (χ0) is 16.6. The van der Waals surface area contributed by atoms with E-state index in [1.165, 1.54) is 0 Å². The molecule has 1 saturated carbocycles. The fourth-order valence-corrected chi connectivity index (χ4v) is 3.30. The van der Waals surface area contributed by atoms with Crippen LogP contribution < -0.4 is 10.2 Å². The van der Waals surface area contributed by atoms with Crippen LogP contribution in [-0.4, -0.2) is 35.6 Å². The summed E-state index contributed by atoms with van der Waals surface area (Å²) in [6.07, 6.45) is 3.38. The predicted octanol–water partition coefficient (Wildman–Crippen LogP) is 2.36. The molecule has 0 bridgehead atoms. The van der Waals surface area contributed by atoms with Crippen molar-refractivity contribution in [3.8, 4) is 0 Å². The van der Waals surface area contributed by atoms with E-state index in [0.717, 1.165) is 19.3 Å². The average Bonchev–Trinajstić information content (AvgIpc) is 3.31. The lowest BCUT2D eigenvalue weighted by Gasteiger charge is -2.29. The Hall–Kier alpha value is -1.59. The highest BCUT2D eigenvalue weighted by Gasteiger charge is 2.42. The summed E-state index contributed by atoms with van der Waals surface area (Å²) < 4.78 is 0. The van der Waals surface area contributed by atoms with Crippen LogP contribution in [0, 0.1) is 5.92 Å². The van der Waals surface area contributed by atoms with Gasteiger partial charge in [-0.1, -0.05) is 11.6 Å². The summed E-state index contributed by atoms with van der Waals surface area (Å²) in [5.74, 6) is 0.0578. The molecule has 1 heterocycles. The fourth-order valence-electron chi connectivity index (χ4n) is 3.09. The van der Waals surface area contributed by atoms with Gasteiger partial charge < -0.3 is 15.3 Å². The van der Waals surface area contributed by atoms with Crippen molar-refractivity contribution in [3.05, 3.63) is 28.8 Å². The predicted molar refractivity (Wildman–Crippen MR) is 88.7 cm³/mol. The van der Waals surface area contributed by atoms with Crippen molar-refractivity contribution in [1.82, 2.24) is 5.32 Å². The van der Waals surface area contributed by atoms with Gasteiger partial charge >= 0.3 is 0 Å². The summed E-state index contributed by atoms with van der Waals surface area (Å²) in [6.45, 7) is 2.41. The number of amides is 2. The van der Waals surface area contributed by atoms with Crippen molar-refractivity contribution in [2.24, 2.45) is 5.92 Å². The topological polar surface area (TPSA) is 69.6 Å². The molecule has 2 N–H and O–H groups in total. The third kappa shape index (κ3) is 3.21. The van der Waals surface area contributed by atoms with Crippen LogP contribution in [0.1, 0.15) is 43.0 Å². The van der Waals surface area contributed by atoms with Gasteiger partial charge in [-0.2, -0.15) is 0 Å². The van der Waals surface area contributed by atoms with Gasteiger partial charge in [0.15, 0.2) is 0 Å². The molecule has 0 aromatic heterocycles. The third-order valence-electron chi connectivity index (χ3n) is 4.79. The van der Waals surface area contributed by atoms with Crippen LogP contribution in [0.4, 0.5) is 5.69 Å². The SMILES string of the molecule is CC(CO)(NC(=O)c1cc(N2CCCC2=O)ccc1Cl)C1CC1. The number of rotatable bonds is 5. The van der Waals surface area contributed by atoms with Crippen molar-refractivity contribution in [2.75, 3.05) is 18.1 Å². The maximum Gasteiger partial charge on any atom is 0.253 e. The number of hydrogen-bond donors (Lipinski definition) is 2. The summed E-state index contributed by atoms with van der Waals surface area (Å²) in [4.78, 5) is 26.2. The molecule has 2 amide bonds. The molecule has 1 aliphatic heterocycles. The maximum atomic E-state index is 12.6. The van der Waals surface area contributed by atoms with Gasteiger partial charge in [0.1, 0.15) is 0 Å². The molecule has 23 heavy (non-hydrogen) atoms. The number of benzene rings is 1. The summed E-state index contributed by atoms with van der Waals surface area (Å²) in [7, 11) is 0. The molecule has 6 heteroatoms. The lowest BCUT2D eigenvalue weighted by molar-refractivity contribution is -0.117. The first-order chi connectivity index (χ1) is 10.9. The first-order valence-corrected chi connectivity index (χ1v) is 8.36. The van der Waals surface area contributed by atoms with E-state index >= 15 is 0 Å². The second-order valence-corrected chi connectivity index (χ2v) is 7.02. The lowest BCUT2D eigenvalue weighted by Crippen LogP contribution is -2.50. The number of halogens is 1. The van der Waals surface area contributed by atoms with Crippen molar-refractivity contribution in [1.29, 1.82) is 0 Å². The Morgan fingerprint density at radius 3 is 2.78 bits per heavy atom. The number of nitrogens with zero attached hydrogens (tertiary/aromatic N) is 1. The highest BCUT2D eigenvalue weighted by Crippen LogP contribution is 2.39. The Balaban J connectivity index is 1.83. The van der Waals surface area contributed by atoms with Gasteiger partial charge in [0.2, 0.25) is 5.91 Å². The van der Waals surface area contributed by atoms with E-state index in [4.69, 9.17) is 11.6 Å². The second kappa shape index (κ2) is 6.13. The van der Waals surface area contributed by atoms with Crippen LogP contribution >= 0.6 is 11.6 Å². The molecule has 2 fully saturated rings. The zero-order valence-electron chi connectivity index (χ0n) is 13.1. The lowest BCUT2D eigenvalue weighted by atomic mass is 9.96. The Morgan fingerprint density at radius 1 is 1.48 bits per heavy atom. The summed E-state index contributed by atoms with van der Waals surface area (Å²) in [5.41, 5.74) is 0.406. The monoisotopic (exact) mass is 336 g/mol. The largest absolute Gasteiger partial charge is 0.394 e. The molecule has 2 aliphatic rings. The third-order valence-corrected chi connectivity index (χ3v) is 5.12. The Labute approximate surface area is 140 Å². The Bertz CT molecular complexity index is 645. The molecule has 1 unspecified atom stereocenters. The van der Waals surface area contributed by atoms with Crippen LogP contribution in [0.3, 0.4) is 0 Å². The van der Waals surface area contributed by atoms with Crippen LogP contribution in [0.25, 0.3) is 0 Å². The van der Waals surface area contributed by atoms with E-state index in [-0.39, 0.29) is 18.4 Å². The van der Waals surface area contributed by atoms with E-state index in [1.807, 2.05) is 6.92 Å². The van der Waals surface area contributed by atoms with Gasteiger partial charge in [0.05, 0.1) is 22.7 Å². The standard InChI is InChI=1S/C17H21ClN2O3/c1-17(10-21,11-4-5-11)19-16(23)13-9-12(6-7-14(13)18)20-8-2-3-15(20)22/h6-7,9,11,21H,2-5,8,10H2,1H3,(H,19,23). The smallest absolute Gasteiger partial charge is 0.253 e. The van der Waals surface area contributed by atoms with Crippen molar-refractivity contribution in [3.63, 3.8) is 0 Å². The van der Waals surface area contributed by atoms with E-state index in [2.05, 4.69) is 5.32 Å². The first-order valence-electron chi connectivity index (χ1n) is 7.98. The van der Waals surface area contributed by atoms with Crippen molar-refractivity contribution in [2.45, 2.75) is 38.1 Å². The normalized spacial score (nSPS) is 20.5. The number of carbonyl (C=O) groups is 2. The van der Waals surface area contributed by atoms with Crippen molar-refractivity contribution >= 4 is 29.1 Å². The molecule has 124 valence electrons. The number of aliphatic hydroxyl groups is 1.